The number of hydrogen-bond acceptors (Lipinski definition) is 2. The zero-order valence-corrected chi connectivity index (χ0v) is 9.42. The first-order valence-corrected chi connectivity index (χ1v) is 5.59. The van der Waals surface area contributed by atoms with Gasteiger partial charge >= 0.3 is 6.03 Å². The standard InChI is InChI=1S/C12H17N3O/c1-13-8-9-3-2-4-11(7-9)15-12(16)14-10-5-6-10/h2-4,7,10,13H,5-6,8H2,1H3,(H2,14,15,16). The van der Waals surface area contributed by atoms with Crippen LogP contribution in [-0.4, -0.2) is 19.1 Å². The Labute approximate surface area is 95.4 Å². The summed E-state index contributed by atoms with van der Waals surface area (Å²) < 4.78 is 0. The quantitative estimate of drug-likeness (QED) is 0.721. The van der Waals surface area contributed by atoms with Gasteiger partial charge in [0.2, 0.25) is 0 Å². The minimum Gasteiger partial charge on any atom is -0.335 e. The van der Waals surface area contributed by atoms with Gasteiger partial charge in [0.25, 0.3) is 0 Å². The number of anilines is 1. The predicted octanol–water partition coefficient (Wildman–Crippen LogP) is 1.69. The SMILES string of the molecule is CNCc1cccc(NC(=O)NC2CC2)c1. The molecule has 0 aromatic heterocycles. The van der Waals surface area contributed by atoms with Crippen molar-refractivity contribution in [2.24, 2.45) is 0 Å². The van der Waals surface area contributed by atoms with Crippen molar-refractivity contribution in [2.45, 2.75) is 25.4 Å². The molecule has 0 spiro atoms. The second-order valence-electron chi connectivity index (χ2n) is 4.10. The van der Waals surface area contributed by atoms with Crippen LogP contribution in [-0.2, 0) is 6.54 Å². The molecule has 1 fully saturated rings. The number of rotatable bonds is 4. The molecule has 0 aliphatic heterocycles. The maximum Gasteiger partial charge on any atom is 0.319 e. The number of urea groups is 1. The summed E-state index contributed by atoms with van der Waals surface area (Å²) in [5.41, 5.74) is 2.00. The van der Waals surface area contributed by atoms with Crippen LogP contribution in [0.5, 0.6) is 0 Å². The minimum absolute atomic E-state index is 0.107. The fourth-order valence-electron chi connectivity index (χ4n) is 1.54. The Kier molecular flexibility index (Phi) is 3.41. The summed E-state index contributed by atoms with van der Waals surface area (Å²) in [6.45, 7) is 0.805. The summed E-state index contributed by atoms with van der Waals surface area (Å²) in [4.78, 5) is 11.5. The number of carbonyl (C=O) groups excluding carboxylic acids is 1. The first kappa shape index (κ1) is 11.0. The number of carbonyl (C=O) groups is 1. The smallest absolute Gasteiger partial charge is 0.319 e. The average molecular weight is 219 g/mol. The third kappa shape index (κ3) is 3.24. The molecule has 0 bridgehead atoms. The van der Waals surface area contributed by atoms with Crippen LogP contribution in [0, 0.1) is 0 Å². The highest BCUT2D eigenvalue weighted by atomic mass is 16.2. The summed E-state index contributed by atoms with van der Waals surface area (Å²) in [7, 11) is 1.90. The van der Waals surface area contributed by atoms with Gasteiger partial charge in [-0.1, -0.05) is 12.1 Å². The zero-order chi connectivity index (χ0) is 11.4. The van der Waals surface area contributed by atoms with Crippen LogP contribution in [0.4, 0.5) is 10.5 Å². The first-order valence-electron chi connectivity index (χ1n) is 5.59. The molecule has 86 valence electrons. The molecular weight excluding hydrogens is 202 g/mol. The highest BCUT2D eigenvalue weighted by molar-refractivity contribution is 5.89. The lowest BCUT2D eigenvalue weighted by Gasteiger charge is -2.08. The summed E-state index contributed by atoms with van der Waals surface area (Å²) in [5, 5.41) is 8.80. The average Bonchev–Trinajstić information content (AvgIpc) is 3.02. The van der Waals surface area contributed by atoms with E-state index in [1.54, 1.807) is 0 Å². The molecule has 0 radical (unpaired) electrons. The van der Waals surface area contributed by atoms with Gasteiger partial charge in [0.05, 0.1) is 0 Å². The number of nitrogens with one attached hydrogen (secondary N) is 3. The van der Waals surface area contributed by atoms with Gasteiger partial charge in [0.1, 0.15) is 0 Å². The van der Waals surface area contributed by atoms with Crippen LogP contribution in [0.15, 0.2) is 24.3 Å². The molecule has 1 aliphatic carbocycles. The summed E-state index contributed by atoms with van der Waals surface area (Å²) in [5.74, 6) is 0. The molecule has 0 atom stereocenters. The van der Waals surface area contributed by atoms with E-state index in [-0.39, 0.29) is 6.03 Å². The van der Waals surface area contributed by atoms with E-state index in [0.717, 1.165) is 30.6 Å². The second kappa shape index (κ2) is 4.99. The molecule has 4 nitrogen and oxygen atoms in total. The van der Waals surface area contributed by atoms with Gasteiger partial charge in [0.15, 0.2) is 0 Å². The zero-order valence-electron chi connectivity index (χ0n) is 9.42. The topological polar surface area (TPSA) is 53.2 Å². The van der Waals surface area contributed by atoms with Crippen molar-refractivity contribution in [1.29, 1.82) is 0 Å². The molecule has 4 heteroatoms. The van der Waals surface area contributed by atoms with Crippen molar-refractivity contribution in [3.05, 3.63) is 29.8 Å². The Bertz CT molecular complexity index is 374. The van der Waals surface area contributed by atoms with E-state index in [4.69, 9.17) is 0 Å². The summed E-state index contributed by atoms with van der Waals surface area (Å²) >= 11 is 0. The van der Waals surface area contributed by atoms with Crippen LogP contribution in [0.25, 0.3) is 0 Å². The van der Waals surface area contributed by atoms with E-state index in [2.05, 4.69) is 16.0 Å². The molecule has 1 aliphatic rings. The molecule has 0 saturated heterocycles. The van der Waals surface area contributed by atoms with Crippen LogP contribution >= 0.6 is 0 Å². The van der Waals surface area contributed by atoms with E-state index in [0.29, 0.717) is 6.04 Å². The van der Waals surface area contributed by atoms with Gasteiger partial charge in [-0.2, -0.15) is 0 Å². The molecular formula is C12H17N3O. The molecule has 1 aromatic rings. The Hall–Kier alpha value is -1.55. The number of amides is 2. The van der Waals surface area contributed by atoms with Crippen LogP contribution < -0.4 is 16.0 Å². The molecule has 2 rings (SSSR count). The normalized spacial score (nSPS) is 14.6. The van der Waals surface area contributed by atoms with Gasteiger partial charge in [-0.05, 0) is 37.6 Å². The van der Waals surface area contributed by atoms with E-state index in [1.165, 1.54) is 0 Å². The maximum absolute atomic E-state index is 11.5. The van der Waals surface area contributed by atoms with Gasteiger partial charge in [0, 0.05) is 18.3 Å². The van der Waals surface area contributed by atoms with Gasteiger partial charge < -0.3 is 16.0 Å². The van der Waals surface area contributed by atoms with Gasteiger partial charge in [-0.3, -0.25) is 0 Å². The molecule has 1 saturated carbocycles. The fourth-order valence-corrected chi connectivity index (χ4v) is 1.54. The Balaban J connectivity index is 1.91. The molecule has 0 unspecified atom stereocenters. The van der Waals surface area contributed by atoms with Crippen molar-refractivity contribution in [3.8, 4) is 0 Å². The Morgan fingerprint density at radius 2 is 2.25 bits per heavy atom. The van der Waals surface area contributed by atoms with E-state index in [9.17, 15) is 4.79 Å². The summed E-state index contributed by atoms with van der Waals surface area (Å²) in [6.07, 6.45) is 2.21. The second-order valence-corrected chi connectivity index (χ2v) is 4.10. The third-order valence-electron chi connectivity index (χ3n) is 2.48. The lowest BCUT2D eigenvalue weighted by atomic mass is 10.2. The third-order valence-corrected chi connectivity index (χ3v) is 2.48. The van der Waals surface area contributed by atoms with E-state index in [1.807, 2.05) is 31.3 Å². The van der Waals surface area contributed by atoms with E-state index < -0.39 is 0 Å². The van der Waals surface area contributed by atoms with Gasteiger partial charge in [-0.15, -0.1) is 0 Å². The fraction of sp³-hybridized carbons (Fsp3) is 0.417. The van der Waals surface area contributed by atoms with Crippen LogP contribution in [0.2, 0.25) is 0 Å². The molecule has 3 N–H and O–H groups in total. The van der Waals surface area contributed by atoms with Crippen LogP contribution in [0.3, 0.4) is 0 Å². The van der Waals surface area contributed by atoms with Crippen molar-refractivity contribution in [2.75, 3.05) is 12.4 Å². The number of benzene rings is 1. The van der Waals surface area contributed by atoms with Gasteiger partial charge in [-0.25, -0.2) is 4.79 Å². The van der Waals surface area contributed by atoms with Crippen molar-refractivity contribution >= 4 is 11.7 Å². The Morgan fingerprint density at radius 1 is 1.44 bits per heavy atom. The molecule has 0 heterocycles. The van der Waals surface area contributed by atoms with E-state index >= 15 is 0 Å². The summed E-state index contributed by atoms with van der Waals surface area (Å²) in [6, 6.07) is 8.12. The minimum atomic E-state index is -0.107. The first-order chi connectivity index (χ1) is 7.78. The maximum atomic E-state index is 11.5. The largest absolute Gasteiger partial charge is 0.335 e. The predicted molar refractivity (Wildman–Crippen MR) is 64.4 cm³/mol. The highest BCUT2D eigenvalue weighted by Crippen LogP contribution is 2.19. The molecule has 16 heavy (non-hydrogen) atoms. The lowest BCUT2D eigenvalue weighted by molar-refractivity contribution is 0.251. The van der Waals surface area contributed by atoms with Crippen molar-refractivity contribution < 1.29 is 4.79 Å². The van der Waals surface area contributed by atoms with Crippen molar-refractivity contribution in [3.63, 3.8) is 0 Å². The molecule has 2 amide bonds. The monoisotopic (exact) mass is 219 g/mol. The van der Waals surface area contributed by atoms with Crippen LogP contribution in [0.1, 0.15) is 18.4 Å². The van der Waals surface area contributed by atoms with Crippen molar-refractivity contribution in [1.82, 2.24) is 10.6 Å². The number of hydrogen-bond donors (Lipinski definition) is 3. The Morgan fingerprint density at radius 3 is 2.94 bits per heavy atom. The molecule has 1 aromatic carbocycles. The highest BCUT2D eigenvalue weighted by Gasteiger charge is 2.23. The lowest BCUT2D eigenvalue weighted by Crippen LogP contribution is -2.30.